The van der Waals surface area contributed by atoms with Crippen LogP contribution in [0.2, 0.25) is 0 Å². The Hall–Kier alpha value is -1.33. The molecule has 0 radical (unpaired) electrons. The van der Waals surface area contributed by atoms with E-state index in [9.17, 15) is 0 Å². The highest BCUT2D eigenvalue weighted by Gasteiger charge is 2.41. The molecule has 2 aromatic rings. The van der Waals surface area contributed by atoms with Gasteiger partial charge in [0.15, 0.2) is 0 Å². The smallest absolute Gasteiger partial charge is 0.0969 e. The summed E-state index contributed by atoms with van der Waals surface area (Å²) in [5.41, 5.74) is 1.98. The number of thioether (sulfide) groups is 1. The molecule has 1 fully saturated rings. The van der Waals surface area contributed by atoms with E-state index in [4.69, 9.17) is 0 Å². The second-order valence-corrected chi connectivity index (χ2v) is 6.23. The lowest BCUT2D eigenvalue weighted by atomic mass is 10.3. The summed E-state index contributed by atoms with van der Waals surface area (Å²) in [7, 11) is 0. The summed E-state index contributed by atoms with van der Waals surface area (Å²) in [6.45, 7) is 1.85. The molecule has 0 atom stereocenters. The molecule has 1 N–H and O–H groups in total. The van der Waals surface area contributed by atoms with E-state index in [-0.39, 0.29) is 0 Å². The van der Waals surface area contributed by atoms with Gasteiger partial charge in [-0.3, -0.25) is 0 Å². The molecule has 1 saturated carbocycles. The van der Waals surface area contributed by atoms with Crippen LogP contribution < -0.4 is 5.32 Å². The maximum Gasteiger partial charge on any atom is 0.0969 e. The van der Waals surface area contributed by atoms with Crippen molar-refractivity contribution in [2.24, 2.45) is 0 Å². The Labute approximate surface area is 117 Å². The topological polar surface area (TPSA) is 42.7 Å². The molecule has 4 nitrogen and oxygen atoms in total. The molecule has 1 heterocycles. The Bertz CT molecular complexity index is 533. The van der Waals surface area contributed by atoms with E-state index < -0.39 is 0 Å². The third kappa shape index (κ3) is 2.98. The van der Waals surface area contributed by atoms with Crippen LogP contribution in [0.1, 0.15) is 18.5 Å². The van der Waals surface area contributed by atoms with Gasteiger partial charge in [-0.25, -0.2) is 0 Å². The zero-order chi connectivity index (χ0) is 13.1. The minimum Gasteiger partial charge on any atom is -0.310 e. The summed E-state index contributed by atoms with van der Waals surface area (Å²) in [6.07, 6.45) is 6.69. The fraction of sp³-hybridized carbons (Fsp3) is 0.429. The van der Waals surface area contributed by atoms with Gasteiger partial charge in [-0.05, 0) is 31.2 Å². The lowest BCUT2D eigenvalue weighted by molar-refractivity contribution is 0.642. The van der Waals surface area contributed by atoms with Crippen molar-refractivity contribution in [1.29, 1.82) is 0 Å². The van der Waals surface area contributed by atoms with Crippen LogP contribution in [0.3, 0.4) is 0 Å². The number of nitrogens with one attached hydrogen (secondary N) is 1. The number of para-hydroxylation sites is 1. The van der Waals surface area contributed by atoms with Crippen molar-refractivity contribution >= 4 is 11.8 Å². The van der Waals surface area contributed by atoms with Crippen molar-refractivity contribution in [3.63, 3.8) is 0 Å². The molecule has 1 aliphatic rings. The molecule has 1 aromatic carbocycles. The largest absolute Gasteiger partial charge is 0.310 e. The highest BCUT2D eigenvalue weighted by Crippen LogP contribution is 2.46. The number of hydrogen-bond acceptors (Lipinski definition) is 4. The average molecular weight is 274 g/mol. The number of nitrogens with zero attached hydrogens (tertiary/aromatic N) is 3. The lowest BCUT2D eigenvalue weighted by Gasteiger charge is -2.11. The number of benzene rings is 1. The summed E-state index contributed by atoms with van der Waals surface area (Å²) in [4.78, 5) is 1.68. The molecule has 5 heteroatoms. The van der Waals surface area contributed by atoms with E-state index in [1.165, 1.54) is 12.8 Å². The first kappa shape index (κ1) is 12.7. The molecular weight excluding hydrogens is 256 g/mol. The minimum atomic E-state index is 0.495. The van der Waals surface area contributed by atoms with Crippen LogP contribution in [0.5, 0.6) is 0 Å². The lowest BCUT2D eigenvalue weighted by Crippen LogP contribution is -2.25. The van der Waals surface area contributed by atoms with Gasteiger partial charge < -0.3 is 5.32 Å². The van der Waals surface area contributed by atoms with Gasteiger partial charge in [0, 0.05) is 17.8 Å². The van der Waals surface area contributed by atoms with Crippen molar-refractivity contribution in [2.45, 2.75) is 24.1 Å². The van der Waals surface area contributed by atoms with Crippen LogP contribution in [0.15, 0.2) is 36.5 Å². The van der Waals surface area contributed by atoms with E-state index in [0.717, 1.165) is 24.5 Å². The van der Waals surface area contributed by atoms with Gasteiger partial charge in [0.25, 0.3) is 0 Å². The summed E-state index contributed by atoms with van der Waals surface area (Å²) in [5.74, 6) is 0. The van der Waals surface area contributed by atoms with Crippen LogP contribution in [0.25, 0.3) is 5.69 Å². The Morgan fingerprint density at radius 3 is 2.79 bits per heavy atom. The second-order valence-electron chi connectivity index (χ2n) is 4.95. The first-order valence-corrected chi connectivity index (χ1v) is 7.76. The Balaban J connectivity index is 1.57. The third-order valence-corrected chi connectivity index (χ3v) is 4.94. The number of rotatable bonds is 6. The van der Waals surface area contributed by atoms with Crippen molar-refractivity contribution in [2.75, 3.05) is 12.8 Å². The van der Waals surface area contributed by atoms with Gasteiger partial charge in [0.2, 0.25) is 0 Å². The number of aromatic nitrogens is 3. The van der Waals surface area contributed by atoms with E-state index in [0.29, 0.717) is 4.75 Å². The fourth-order valence-corrected chi connectivity index (χ4v) is 2.83. The minimum absolute atomic E-state index is 0.495. The molecule has 1 aliphatic carbocycles. The summed E-state index contributed by atoms with van der Waals surface area (Å²) in [6, 6.07) is 9.99. The van der Waals surface area contributed by atoms with Gasteiger partial charge in [0.1, 0.15) is 0 Å². The maximum atomic E-state index is 4.48. The SMILES string of the molecule is CSC1(CNCc2cnn(-c3ccccc3)n2)CC1. The van der Waals surface area contributed by atoms with Gasteiger partial charge in [-0.2, -0.15) is 26.8 Å². The average Bonchev–Trinajstić information content (AvgIpc) is 3.09. The van der Waals surface area contributed by atoms with E-state index >= 15 is 0 Å². The van der Waals surface area contributed by atoms with Crippen LogP contribution in [0, 0.1) is 0 Å². The first-order valence-electron chi connectivity index (χ1n) is 6.54. The van der Waals surface area contributed by atoms with Crippen molar-refractivity contribution in [3.8, 4) is 5.69 Å². The normalized spacial score (nSPS) is 16.5. The summed E-state index contributed by atoms with van der Waals surface area (Å²) < 4.78 is 0.495. The Kier molecular flexibility index (Phi) is 3.57. The molecule has 0 unspecified atom stereocenters. The van der Waals surface area contributed by atoms with E-state index in [1.807, 2.05) is 48.3 Å². The fourth-order valence-electron chi connectivity index (χ4n) is 2.07. The van der Waals surface area contributed by atoms with Crippen LogP contribution in [-0.4, -0.2) is 32.5 Å². The molecule has 1 aromatic heterocycles. The Morgan fingerprint density at radius 2 is 2.11 bits per heavy atom. The van der Waals surface area contributed by atoms with Gasteiger partial charge in [-0.15, -0.1) is 0 Å². The zero-order valence-electron chi connectivity index (χ0n) is 11.0. The molecule has 3 rings (SSSR count). The van der Waals surface area contributed by atoms with Gasteiger partial charge >= 0.3 is 0 Å². The standard InChI is InChI=1S/C14H18N4S/c1-19-14(7-8-14)11-15-9-12-10-16-18(17-12)13-5-3-2-4-6-13/h2-6,10,15H,7-9,11H2,1H3. The number of hydrogen-bond donors (Lipinski definition) is 1. The molecule has 0 aliphatic heterocycles. The highest BCUT2D eigenvalue weighted by molar-refractivity contribution is 8.00. The van der Waals surface area contributed by atoms with Crippen LogP contribution in [-0.2, 0) is 6.54 Å². The quantitative estimate of drug-likeness (QED) is 0.877. The molecule has 19 heavy (non-hydrogen) atoms. The molecule has 0 spiro atoms. The monoisotopic (exact) mass is 274 g/mol. The van der Waals surface area contributed by atoms with Gasteiger partial charge in [0.05, 0.1) is 17.6 Å². The van der Waals surface area contributed by atoms with Gasteiger partial charge in [-0.1, -0.05) is 18.2 Å². The van der Waals surface area contributed by atoms with Crippen LogP contribution in [0.4, 0.5) is 0 Å². The maximum absolute atomic E-state index is 4.48. The first-order chi connectivity index (χ1) is 9.31. The highest BCUT2D eigenvalue weighted by atomic mass is 32.2. The van der Waals surface area contributed by atoms with Crippen LogP contribution >= 0.6 is 11.8 Å². The molecule has 0 bridgehead atoms. The second kappa shape index (κ2) is 5.35. The zero-order valence-corrected chi connectivity index (χ0v) is 11.9. The third-order valence-electron chi connectivity index (χ3n) is 3.52. The Morgan fingerprint density at radius 1 is 1.32 bits per heavy atom. The predicted molar refractivity (Wildman–Crippen MR) is 78.5 cm³/mol. The van der Waals surface area contributed by atoms with E-state index in [1.54, 1.807) is 4.80 Å². The predicted octanol–water partition coefficient (Wildman–Crippen LogP) is 2.25. The molecule has 100 valence electrons. The van der Waals surface area contributed by atoms with Crippen molar-refractivity contribution in [3.05, 3.63) is 42.2 Å². The van der Waals surface area contributed by atoms with E-state index in [2.05, 4.69) is 21.8 Å². The molecular formula is C14H18N4S. The van der Waals surface area contributed by atoms with Crippen molar-refractivity contribution < 1.29 is 0 Å². The molecule has 0 saturated heterocycles. The van der Waals surface area contributed by atoms with Crippen molar-refractivity contribution in [1.82, 2.24) is 20.3 Å². The summed E-state index contributed by atoms with van der Waals surface area (Å²) in [5, 5.41) is 12.3. The summed E-state index contributed by atoms with van der Waals surface area (Å²) >= 11 is 1.97. The molecule has 0 amide bonds.